The number of hydrogen-bond acceptors (Lipinski definition) is 3. The van der Waals surface area contributed by atoms with Gasteiger partial charge in [-0.15, -0.1) is 0 Å². The molecule has 1 saturated heterocycles. The predicted octanol–water partition coefficient (Wildman–Crippen LogP) is 2.55. The van der Waals surface area contributed by atoms with Crippen molar-refractivity contribution >= 4 is 22.7 Å². The fourth-order valence-electron chi connectivity index (χ4n) is 2.51. The maximum Gasteiger partial charge on any atom is 0.0702 e. The third-order valence-electron chi connectivity index (χ3n) is 3.70. The molecule has 0 amide bonds. The summed E-state index contributed by atoms with van der Waals surface area (Å²) in [5.74, 6) is 0. The topological polar surface area (TPSA) is 19.4 Å². The molecule has 1 aromatic carbocycles. The lowest BCUT2D eigenvalue weighted by atomic mass is 10.1. The molecule has 0 N–H and O–H groups in total. The van der Waals surface area contributed by atoms with Crippen LogP contribution < -0.4 is 0 Å². The smallest absolute Gasteiger partial charge is 0.0702 e. The van der Waals surface area contributed by atoms with Crippen molar-refractivity contribution in [3.05, 3.63) is 42.1 Å². The molecule has 1 fully saturated rings. The van der Waals surface area contributed by atoms with Crippen LogP contribution in [0, 0.1) is 0 Å². The van der Waals surface area contributed by atoms with Crippen LogP contribution in [-0.4, -0.2) is 47.0 Å². The molecule has 2 heterocycles. The number of nitrogens with zero attached hydrogens (tertiary/aromatic N) is 3. The van der Waals surface area contributed by atoms with Crippen molar-refractivity contribution in [3.8, 4) is 0 Å². The minimum Gasteiger partial charge on any atom is -0.300 e. The van der Waals surface area contributed by atoms with Crippen molar-refractivity contribution in [3.63, 3.8) is 0 Å². The van der Waals surface area contributed by atoms with Gasteiger partial charge < -0.3 is 4.90 Å². The van der Waals surface area contributed by atoms with E-state index in [2.05, 4.69) is 34.1 Å². The van der Waals surface area contributed by atoms with Crippen LogP contribution in [0.2, 0.25) is 0 Å². The lowest BCUT2D eigenvalue weighted by Crippen LogP contribution is -2.43. The van der Waals surface area contributed by atoms with Gasteiger partial charge in [-0.05, 0) is 42.0 Å². The van der Waals surface area contributed by atoms with Crippen LogP contribution in [0.1, 0.15) is 5.56 Å². The molecule has 3 rings (SSSR count). The average Bonchev–Trinajstić information content (AvgIpc) is 2.46. The van der Waals surface area contributed by atoms with Crippen molar-refractivity contribution in [2.75, 3.05) is 32.7 Å². The highest BCUT2D eigenvalue weighted by Gasteiger charge is 2.14. The second-order valence-electron chi connectivity index (χ2n) is 5.03. The van der Waals surface area contributed by atoms with Crippen molar-refractivity contribution in [1.82, 2.24) is 14.3 Å². The zero-order chi connectivity index (χ0) is 13.1. The molecule has 0 aliphatic carbocycles. The predicted molar refractivity (Wildman–Crippen MR) is 79.3 cm³/mol. The van der Waals surface area contributed by atoms with Crippen LogP contribution in [0.15, 0.2) is 36.5 Å². The summed E-state index contributed by atoms with van der Waals surface area (Å²) >= 11 is 5.96. The Morgan fingerprint density at radius 3 is 2.79 bits per heavy atom. The van der Waals surface area contributed by atoms with E-state index in [9.17, 15) is 0 Å². The number of aromatic nitrogens is 1. The Labute approximate surface area is 118 Å². The van der Waals surface area contributed by atoms with E-state index < -0.39 is 0 Å². The molecule has 0 atom stereocenters. The number of fused-ring (bicyclic) bond motifs is 1. The maximum atomic E-state index is 5.96. The van der Waals surface area contributed by atoms with Gasteiger partial charge in [0.2, 0.25) is 0 Å². The summed E-state index contributed by atoms with van der Waals surface area (Å²) in [5.41, 5.74) is 2.45. The first-order valence-corrected chi connectivity index (χ1v) is 7.12. The van der Waals surface area contributed by atoms with Crippen LogP contribution in [0.25, 0.3) is 10.9 Å². The molecule has 100 valence electrons. The van der Waals surface area contributed by atoms with Gasteiger partial charge in [0.1, 0.15) is 0 Å². The lowest BCUT2D eigenvalue weighted by molar-refractivity contribution is 0.194. The monoisotopic (exact) mass is 275 g/mol. The van der Waals surface area contributed by atoms with Gasteiger partial charge in [-0.25, -0.2) is 4.42 Å². The van der Waals surface area contributed by atoms with Crippen LogP contribution in [0.5, 0.6) is 0 Å². The van der Waals surface area contributed by atoms with Crippen LogP contribution in [-0.2, 0) is 6.42 Å². The van der Waals surface area contributed by atoms with Gasteiger partial charge in [0.05, 0.1) is 5.52 Å². The summed E-state index contributed by atoms with van der Waals surface area (Å²) in [7, 11) is 0. The average molecular weight is 276 g/mol. The quantitative estimate of drug-likeness (QED) is 0.803. The fraction of sp³-hybridized carbons (Fsp3) is 0.400. The molecule has 0 saturated carbocycles. The molecule has 1 aromatic heterocycles. The molecule has 2 aromatic rings. The summed E-state index contributed by atoms with van der Waals surface area (Å²) in [6, 6.07) is 10.7. The number of hydrogen-bond donors (Lipinski definition) is 0. The van der Waals surface area contributed by atoms with E-state index in [0.717, 1.165) is 44.7 Å². The molecular formula is C15H18ClN3. The van der Waals surface area contributed by atoms with E-state index >= 15 is 0 Å². The fourth-order valence-corrected chi connectivity index (χ4v) is 2.67. The van der Waals surface area contributed by atoms with E-state index in [-0.39, 0.29) is 0 Å². The van der Waals surface area contributed by atoms with Crippen LogP contribution in [0.3, 0.4) is 0 Å². The summed E-state index contributed by atoms with van der Waals surface area (Å²) in [6.07, 6.45) is 2.93. The summed E-state index contributed by atoms with van der Waals surface area (Å²) in [5, 5.41) is 1.23. The van der Waals surface area contributed by atoms with E-state index in [0.29, 0.717) is 0 Å². The van der Waals surface area contributed by atoms with Crippen molar-refractivity contribution in [1.29, 1.82) is 0 Å². The third kappa shape index (κ3) is 3.24. The van der Waals surface area contributed by atoms with Crippen molar-refractivity contribution < 1.29 is 0 Å². The van der Waals surface area contributed by atoms with Crippen LogP contribution >= 0.6 is 11.8 Å². The number of piperazine rings is 1. The second kappa shape index (κ2) is 5.87. The summed E-state index contributed by atoms with van der Waals surface area (Å²) in [4.78, 5) is 6.83. The highest BCUT2D eigenvalue weighted by molar-refractivity contribution is 6.13. The summed E-state index contributed by atoms with van der Waals surface area (Å²) < 4.78 is 1.87. The first-order valence-electron chi connectivity index (χ1n) is 6.78. The van der Waals surface area contributed by atoms with Gasteiger partial charge in [-0.2, -0.15) is 0 Å². The van der Waals surface area contributed by atoms with Gasteiger partial charge in [0.25, 0.3) is 0 Å². The molecule has 3 nitrogen and oxygen atoms in total. The standard InChI is InChI=1S/C15H18ClN3/c16-19-10-8-18(9-11-19)7-5-13-3-4-15-14(12-13)2-1-6-17-15/h1-4,6,12H,5,7-11H2. The number of halogens is 1. The van der Waals surface area contributed by atoms with E-state index in [4.69, 9.17) is 11.8 Å². The first kappa shape index (κ1) is 12.9. The Hall–Kier alpha value is -1.16. The Morgan fingerprint density at radius 2 is 1.95 bits per heavy atom. The summed E-state index contributed by atoms with van der Waals surface area (Å²) in [6.45, 7) is 5.17. The molecule has 0 unspecified atom stereocenters. The van der Waals surface area contributed by atoms with Gasteiger partial charge in [-0.1, -0.05) is 12.1 Å². The Balaban J connectivity index is 1.62. The van der Waals surface area contributed by atoms with E-state index in [1.54, 1.807) is 0 Å². The second-order valence-corrected chi connectivity index (χ2v) is 5.51. The molecule has 0 spiro atoms. The zero-order valence-electron chi connectivity index (χ0n) is 10.9. The number of pyridine rings is 1. The molecule has 0 radical (unpaired) electrons. The largest absolute Gasteiger partial charge is 0.300 e. The zero-order valence-corrected chi connectivity index (χ0v) is 11.7. The molecule has 1 aliphatic heterocycles. The van der Waals surface area contributed by atoms with E-state index in [1.165, 1.54) is 10.9 Å². The van der Waals surface area contributed by atoms with Gasteiger partial charge in [0.15, 0.2) is 0 Å². The van der Waals surface area contributed by atoms with Gasteiger partial charge in [-0.3, -0.25) is 4.98 Å². The minimum absolute atomic E-state index is 0.962. The Bertz CT molecular complexity index is 550. The maximum absolute atomic E-state index is 5.96. The normalized spacial score (nSPS) is 17.9. The third-order valence-corrected chi connectivity index (χ3v) is 4.04. The Morgan fingerprint density at radius 1 is 1.11 bits per heavy atom. The molecule has 4 heteroatoms. The molecule has 1 aliphatic rings. The minimum atomic E-state index is 0.962. The van der Waals surface area contributed by atoms with E-state index in [1.807, 2.05) is 16.7 Å². The highest BCUT2D eigenvalue weighted by Crippen LogP contribution is 2.14. The first-order chi connectivity index (χ1) is 9.31. The van der Waals surface area contributed by atoms with Gasteiger partial charge >= 0.3 is 0 Å². The van der Waals surface area contributed by atoms with Crippen LogP contribution in [0.4, 0.5) is 0 Å². The molecule has 19 heavy (non-hydrogen) atoms. The lowest BCUT2D eigenvalue weighted by Gasteiger charge is -2.30. The number of rotatable bonds is 3. The van der Waals surface area contributed by atoms with Crippen molar-refractivity contribution in [2.24, 2.45) is 0 Å². The molecular weight excluding hydrogens is 258 g/mol. The van der Waals surface area contributed by atoms with Gasteiger partial charge in [0, 0.05) is 44.3 Å². The SMILES string of the molecule is ClN1CCN(CCc2ccc3ncccc3c2)CC1. The number of benzene rings is 1. The van der Waals surface area contributed by atoms with Crippen molar-refractivity contribution in [2.45, 2.75) is 6.42 Å². The highest BCUT2D eigenvalue weighted by atomic mass is 35.5. The Kier molecular flexibility index (Phi) is 3.97. The molecule has 0 bridgehead atoms.